The first kappa shape index (κ1) is 14.2. The number of hydrogen-bond donors (Lipinski definition) is 0. The molecule has 1 heterocycles. The molecule has 0 aromatic carbocycles. The van der Waals surface area contributed by atoms with Crippen molar-refractivity contribution in [3.63, 3.8) is 0 Å². The highest BCUT2D eigenvalue weighted by Gasteiger charge is 2.38. The van der Waals surface area contributed by atoms with Crippen molar-refractivity contribution in [2.45, 2.75) is 77.3 Å². The molecule has 0 radical (unpaired) electrons. The molecule has 0 aromatic heterocycles. The Morgan fingerprint density at radius 2 is 1.05 bits per heavy atom. The molecule has 20 heavy (non-hydrogen) atoms. The molecule has 0 aromatic rings. The maximum atomic E-state index is 12.7. The Balaban J connectivity index is 1.57. The van der Waals surface area contributed by atoms with E-state index in [4.69, 9.17) is 0 Å². The number of amides is 2. The maximum Gasteiger partial charge on any atom is 0.320 e. The molecule has 0 bridgehead atoms. The van der Waals surface area contributed by atoms with E-state index in [0.717, 1.165) is 24.9 Å². The summed E-state index contributed by atoms with van der Waals surface area (Å²) in [6, 6.07) is 1.42. The van der Waals surface area contributed by atoms with Gasteiger partial charge in [0.05, 0.1) is 0 Å². The highest BCUT2D eigenvalue weighted by molar-refractivity contribution is 5.77. The van der Waals surface area contributed by atoms with Gasteiger partial charge in [-0.15, -0.1) is 0 Å². The first-order chi connectivity index (χ1) is 9.65. The Kier molecular flexibility index (Phi) is 4.23. The number of rotatable bonds is 2. The van der Waals surface area contributed by atoms with Gasteiger partial charge in [-0.3, -0.25) is 0 Å². The van der Waals surface area contributed by atoms with Crippen LogP contribution in [0.15, 0.2) is 0 Å². The largest absolute Gasteiger partial charge is 0.320 e. The SMILES string of the molecule is CC1CCC(N2CCN(C3CCC(C)CC3)C2=O)CC1. The Morgan fingerprint density at radius 3 is 1.40 bits per heavy atom. The highest BCUT2D eigenvalue weighted by Crippen LogP contribution is 2.33. The van der Waals surface area contributed by atoms with E-state index in [2.05, 4.69) is 23.6 Å². The van der Waals surface area contributed by atoms with Gasteiger partial charge in [0.1, 0.15) is 0 Å². The predicted molar refractivity (Wildman–Crippen MR) is 81.6 cm³/mol. The Bertz CT molecular complexity index is 309. The molecule has 1 aliphatic heterocycles. The molecule has 0 N–H and O–H groups in total. The van der Waals surface area contributed by atoms with E-state index in [-0.39, 0.29) is 0 Å². The fourth-order valence-corrected chi connectivity index (χ4v) is 4.36. The van der Waals surface area contributed by atoms with Gasteiger partial charge in [-0.05, 0) is 63.2 Å². The third-order valence-corrected chi connectivity index (χ3v) is 5.93. The van der Waals surface area contributed by atoms with Crippen LogP contribution in [0.2, 0.25) is 0 Å². The van der Waals surface area contributed by atoms with Crippen LogP contribution in [-0.2, 0) is 0 Å². The van der Waals surface area contributed by atoms with Crippen molar-refractivity contribution in [3.05, 3.63) is 0 Å². The summed E-state index contributed by atoms with van der Waals surface area (Å²) in [5.41, 5.74) is 0. The molecule has 2 saturated carbocycles. The standard InChI is InChI=1S/C17H30N2O/c1-13-3-7-15(8-4-13)18-11-12-19(17(18)20)16-9-5-14(2)6-10-16/h13-16H,3-12H2,1-2H3. The topological polar surface area (TPSA) is 23.6 Å². The zero-order chi connectivity index (χ0) is 14.1. The molecule has 1 saturated heterocycles. The lowest BCUT2D eigenvalue weighted by molar-refractivity contribution is 0.135. The van der Waals surface area contributed by atoms with E-state index in [1.807, 2.05) is 0 Å². The molecule has 2 aliphatic carbocycles. The monoisotopic (exact) mass is 278 g/mol. The van der Waals surface area contributed by atoms with E-state index in [9.17, 15) is 4.79 Å². The maximum absolute atomic E-state index is 12.7. The van der Waals surface area contributed by atoms with Crippen LogP contribution in [0.25, 0.3) is 0 Å². The molecular formula is C17H30N2O. The van der Waals surface area contributed by atoms with Crippen molar-refractivity contribution < 1.29 is 4.79 Å². The zero-order valence-corrected chi connectivity index (χ0v) is 13.2. The third-order valence-electron chi connectivity index (χ3n) is 5.93. The minimum atomic E-state index is 0.351. The molecule has 3 nitrogen and oxygen atoms in total. The first-order valence-electron chi connectivity index (χ1n) is 8.72. The van der Waals surface area contributed by atoms with Crippen molar-refractivity contribution >= 4 is 6.03 Å². The summed E-state index contributed by atoms with van der Waals surface area (Å²) < 4.78 is 0. The fraction of sp³-hybridized carbons (Fsp3) is 0.941. The summed E-state index contributed by atoms with van der Waals surface area (Å²) in [6.07, 6.45) is 10.1. The minimum Gasteiger partial charge on any atom is -0.320 e. The van der Waals surface area contributed by atoms with Crippen LogP contribution in [0.3, 0.4) is 0 Å². The lowest BCUT2D eigenvalue weighted by Crippen LogP contribution is -2.44. The predicted octanol–water partition coefficient (Wildman–Crippen LogP) is 3.88. The van der Waals surface area contributed by atoms with Gasteiger partial charge in [-0.2, -0.15) is 0 Å². The van der Waals surface area contributed by atoms with E-state index in [1.165, 1.54) is 51.4 Å². The summed E-state index contributed by atoms with van der Waals surface area (Å²) in [7, 11) is 0. The summed E-state index contributed by atoms with van der Waals surface area (Å²) >= 11 is 0. The second-order valence-corrected chi connectivity index (χ2v) is 7.50. The third kappa shape index (κ3) is 2.82. The molecule has 3 rings (SSSR count). The Labute approximate surface area is 123 Å². The molecule has 3 fully saturated rings. The van der Waals surface area contributed by atoms with Crippen molar-refractivity contribution in [1.29, 1.82) is 0 Å². The average Bonchev–Trinajstić information content (AvgIpc) is 2.83. The van der Waals surface area contributed by atoms with E-state index in [0.29, 0.717) is 18.1 Å². The van der Waals surface area contributed by atoms with Crippen LogP contribution in [-0.4, -0.2) is 41.0 Å². The average molecular weight is 278 g/mol. The van der Waals surface area contributed by atoms with Crippen LogP contribution < -0.4 is 0 Å². The number of urea groups is 1. The van der Waals surface area contributed by atoms with E-state index >= 15 is 0 Å². The second-order valence-electron chi connectivity index (χ2n) is 7.50. The van der Waals surface area contributed by atoms with Crippen LogP contribution in [0.4, 0.5) is 4.79 Å². The van der Waals surface area contributed by atoms with Gasteiger partial charge in [0.25, 0.3) is 0 Å². The lowest BCUT2D eigenvalue weighted by Gasteiger charge is -2.36. The van der Waals surface area contributed by atoms with Crippen LogP contribution in [0.5, 0.6) is 0 Å². The second kappa shape index (κ2) is 5.95. The fourth-order valence-electron chi connectivity index (χ4n) is 4.36. The number of nitrogens with zero attached hydrogens (tertiary/aromatic N) is 2. The highest BCUT2D eigenvalue weighted by atomic mass is 16.2. The summed E-state index contributed by atoms with van der Waals surface area (Å²) in [5, 5.41) is 0. The number of carbonyl (C=O) groups is 1. The summed E-state index contributed by atoms with van der Waals surface area (Å²) in [6.45, 7) is 6.64. The van der Waals surface area contributed by atoms with Crippen LogP contribution in [0.1, 0.15) is 65.2 Å². The molecule has 114 valence electrons. The zero-order valence-electron chi connectivity index (χ0n) is 13.2. The molecule has 3 aliphatic rings. The van der Waals surface area contributed by atoms with Crippen molar-refractivity contribution in [2.75, 3.05) is 13.1 Å². The minimum absolute atomic E-state index is 0.351. The normalized spacial score (nSPS) is 39.4. The van der Waals surface area contributed by atoms with Crippen molar-refractivity contribution in [1.82, 2.24) is 9.80 Å². The van der Waals surface area contributed by atoms with E-state index in [1.54, 1.807) is 0 Å². The van der Waals surface area contributed by atoms with E-state index < -0.39 is 0 Å². The van der Waals surface area contributed by atoms with Crippen LogP contribution >= 0.6 is 0 Å². The van der Waals surface area contributed by atoms with Gasteiger partial charge < -0.3 is 9.80 Å². The molecule has 0 atom stereocenters. The lowest BCUT2D eigenvalue weighted by atomic mass is 9.86. The Hall–Kier alpha value is -0.730. The van der Waals surface area contributed by atoms with Crippen LogP contribution in [0, 0.1) is 11.8 Å². The summed E-state index contributed by atoms with van der Waals surface area (Å²) in [4.78, 5) is 17.1. The number of hydrogen-bond acceptors (Lipinski definition) is 1. The van der Waals surface area contributed by atoms with Gasteiger partial charge in [0, 0.05) is 25.2 Å². The van der Waals surface area contributed by atoms with Gasteiger partial charge in [0.2, 0.25) is 0 Å². The summed E-state index contributed by atoms with van der Waals surface area (Å²) in [5.74, 6) is 1.72. The van der Waals surface area contributed by atoms with Gasteiger partial charge >= 0.3 is 6.03 Å². The van der Waals surface area contributed by atoms with Gasteiger partial charge in [-0.1, -0.05) is 13.8 Å². The Morgan fingerprint density at radius 1 is 0.700 bits per heavy atom. The smallest absolute Gasteiger partial charge is 0.320 e. The molecule has 0 unspecified atom stereocenters. The van der Waals surface area contributed by atoms with Crippen molar-refractivity contribution in [2.24, 2.45) is 11.8 Å². The van der Waals surface area contributed by atoms with Gasteiger partial charge in [0.15, 0.2) is 0 Å². The molecular weight excluding hydrogens is 248 g/mol. The number of carbonyl (C=O) groups excluding carboxylic acids is 1. The molecule has 2 amide bonds. The van der Waals surface area contributed by atoms with Gasteiger partial charge in [-0.25, -0.2) is 4.79 Å². The molecule has 0 spiro atoms. The van der Waals surface area contributed by atoms with Crippen molar-refractivity contribution in [3.8, 4) is 0 Å². The first-order valence-corrected chi connectivity index (χ1v) is 8.72. The quantitative estimate of drug-likeness (QED) is 0.752. The molecule has 3 heteroatoms.